The summed E-state index contributed by atoms with van der Waals surface area (Å²) < 4.78 is 0. The van der Waals surface area contributed by atoms with E-state index in [0.717, 1.165) is 11.1 Å². The van der Waals surface area contributed by atoms with E-state index in [4.69, 9.17) is 23.2 Å². The van der Waals surface area contributed by atoms with Crippen molar-refractivity contribution in [1.82, 2.24) is 4.90 Å². The molecule has 0 spiro atoms. The Morgan fingerprint density at radius 1 is 1.09 bits per heavy atom. The zero-order chi connectivity index (χ0) is 16.4. The second kappa shape index (κ2) is 6.87. The zero-order valence-electron chi connectivity index (χ0n) is 12.4. The van der Waals surface area contributed by atoms with Crippen molar-refractivity contribution in [2.24, 2.45) is 0 Å². The molecule has 23 heavy (non-hydrogen) atoms. The minimum atomic E-state index is -0.629. The van der Waals surface area contributed by atoms with Gasteiger partial charge in [0.1, 0.15) is 0 Å². The van der Waals surface area contributed by atoms with Crippen LogP contribution in [0.25, 0.3) is 0 Å². The molecular formula is C17H16Cl2N2O2. The van der Waals surface area contributed by atoms with Crippen molar-refractivity contribution in [3.05, 3.63) is 79.8 Å². The van der Waals surface area contributed by atoms with E-state index in [-0.39, 0.29) is 10.8 Å². The molecule has 1 heterocycles. The van der Waals surface area contributed by atoms with Gasteiger partial charge in [0.15, 0.2) is 0 Å². The molecule has 1 saturated heterocycles. The Hall–Kier alpha value is -1.62. The largest absolute Gasteiger partial charge is 0.292 e. The van der Waals surface area contributed by atoms with E-state index in [2.05, 4.69) is 4.90 Å². The molecule has 1 fully saturated rings. The maximum absolute atomic E-state index is 11.5. The third-order valence-corrected chi connectivity index (χ3v) is 5.00. The first-order valence-electron chi connectivity index (χ1n) is 7.39. The van der Waals surface area contributed by atoms with E-state index >= 15 is 0 Å². The van der Waals surface area contributed by atoms with Gasteiger partial charge in [0, 0.05) is 18.0 Å². The lowest BCUT2D eigenvalue weighted by Crippen LogP contribution is -2.28. The summed E-state index contributed by atoms with van der Waals surface area (Å²) >= 11 is 12.0. The first-order chi connectivity index (χ1) is 11.0. The number of benzene rings is 2. The second-order valence-electron chi connectivity index (χ2n) is 5.81. The van der Waals surface area contributed by atoms with Gasteiger partial charge in [-0.25, -0.2) is 0 Å². The molecule has 4 nitrogen and oxygen atoms in total. The van der Waals surface area contributed by atoms with Crippen molar-refractivity contribution in [3.63, 3.8) is 0 Å². The standard InChI is InChI=1S/C17H16Cl2N2O2/c18-15-7-6-13(8-16(15)19)14-10-20(11-17(14)21(22)23)9-12-4-2-1-3-5-12/h1-8,14,17H,9-11H2/t14-,17+/m0/s1. The summed E-state index contributed by atoms with van der Waals surface area (Å²) in [6.07, 6.45) is 0. The minimum absolute atomic E-state index is 0.177. The van der Waals surface area contributed by atoms with E-state index < -0.39 is 6.04 Å². The molecule has 2 aromatic carbocycles. The van der Waals surface area contributed by atoms with Gasteiger partial charge in [-0.1, -0.05) is 59.6 Å². The first kappa shape index (κ1) is 16.2. The summed E-state index contributed by atoms with van der Waals surface area (Å²) in [6.45, 7) is 1.79. The fraction of sp³-hybridized carbons (Fsp3) is 0.294. The monoisotopic (exact) mass is 350 g/mol. The van der Waals surface area contributed by atoms with Crippen LogP contribution in [0.1, 0.15) is 17.0 Å². The average molecular weight is 351 g/mol. The van der Waals surface area contributed by atoms with Gasteiger partial charge in [0.05, 0.1) is 22.5 Å². The second-order valence-corrected chi connectivity index (χ2v) is 6.63. The molecule has 2 atom stereocenters. The molecule has 0 unspecified atom stereocenters. The molecule has 1 aliphatic heterocycles. The highest BCUT2D eigenvalue weighted by Crippen LogP contribution is 2.33. The van der Waals surface area contributed by atoms with Crippen molar-refractivity contribution in [3.8, 4) is 0 Å². The van der Waals surface area contributed by atoms with Crippen LogP contribution in [0.15, 0.2) is 48.5 Å². The highest BCUT2D eigenvalue weighted by Gasteiger charge is 2.41. The van der Waals surface area contributed by atoms with Crippen LogP contribution in [0.3, 0.4) is 0 Å². The van der Waals surface area contributed by atoms with Gasteiger partial charge in [0.2, 0.25) is 6.04 Å². The van der Waals surface area contributed by atoms with E-state index in [0.29, 0.717) is 29.7 Å². The van der Waals surface area contributed by atoms with E-state index in [1.54, 1.807) is 12.1 Å². The molecule has 120 valence electrons. The average Bonchev–Trinajstić information content (AvgIpc) is 2.95. The molecule has 0 saturated carbocycles. The zero-order valence-corrected chi connectivity index (χ0v) is 13.9. The minimum Gasteiger partial charge on any atom is -0.292 e. The number of nitrogens with zero attached hydrogens (tertiary/aromatic N) is 2. The highest BCUT2D eigenvalue weighted by molar-refractivity contribution is 6.42. The summed E-state index contributed by atoms with van der Waals surface area (Å²) in [4.78, 5) is 13.4. The molecule has 0 amide bonds. The van der Waals surface area contributed by atoms with Crippen molar-refractivity contribution < 1.29 is 4.92 Å². The summed E-state index contributed by atoms with van der Waals surface area (Å²) in [5.74, 6) is -0.177. The Morgan fingerprint density at radius 3 is 2.48 bits per heavy atom. The molecule has 1 aliphatic rings. The molecule has 0 bridgehead atoms. The Kier molecular flexibility index (Phi) is 4.85. The smallest absolute Gasteiger partial charge is 0.233 e. The molecular weight excluding hydrogens is 335 g/mol. The van der Waals surface area contributed by atoms with Crippen LogP contribution < -0.4 is 0 Å². The number of halogens is 2. The number of nitro groups is 1. The van der Waals surface area contributed by atoms with Gasteiger partial charge < -0.3 is 0 Å². The molecule has 0 radical (unpaired) electrons. The number of hydrogen-bond donors (Lipinski definition) is 0. The van der Waals surface area contributed by atoms with Crippen LogP contribution in [-0.2, 0) is 6.54 Å². The molecule has 6 heteroatoms. The lowest BCUT2D eigenvalue weighted by atomic mass is 9.95. The number of rotatable bonds is 4. The van der Waals surface area contributed by atoms with Crippen LogP contribution in [0, 0.1) is 10.1 Å². The van der Waals surface area contributed by atoms with Crippen molar-refractivity contribution in [1.29, 1.82) is 0 Å². The SMILES string of the molecule is O=[N+]([O-])[C@@H]1CN(Cc2ccccc2)C[C@H]1c1ccc(Cl)c(Cl)c1. The van der Waals surface area contributed by atoms with Gasteiger partial charge in [-0.05, 0) is 23.3 Å². The third-order valence-electron chi connectivity index (χ3n) is 4.26. The predicted octanol–water partition coefficient (Wildman–Crippen LogP) is 4.24. The van der Waals surface area contributed by atoms with E-state index in [1.165, 1.54) is 0 Å². The molecule has 2 aromatic rings. The van der Waals surface area contributed by atoms with Crippen LogP contribution in [0.4, 0.5) is 0 Å². The van der Waals surface area contributed by atoms with Crippen LogP contribution in [0.2, 0.25) is 10.0 Å². The van der Waals surface area contributed by atoms with Crippen molar-refractivity contribution in [2.75, 3.05) is 13.1 Å². The van der Waals surface area contributed by atoms with Crippen LogP contribution >= 0.6 is 23.2 Å². The molecule has 3 rings (SSSR count). The van der Waals surface area contributed by atoms with Crippen LogP contribution in [0.5, 0.6) is 0 Å². The maximum atomic E-state index is 11.5. The molecule has 0 aromatic heterocycles. The normalized spacial score (nSPS) is 21.5. The Balaban J connectivity index is 1.81. The Bertz CT molecular complexity index is 709. The lowest BCUT2D eigenvalue weighted by Gasteiger charge is -2.15. The van der Waals surface area contributed by atoms with Gasteiger partial charge in [-0.3, -0.25) is 15.0 Å². The number of hydrogen-bond acceptors (Lipinski definition) is 3. The summed E-state index contributed by atoms with van der Waals surface area (Å²) in [7, 11) is 0. The van der Waals surface area contributed by atoms with Crippen molar-refractivity contribution in [2.45, 2.75) is 18.5 Å². The van der Waals surface area contributed by atoms with Gasteiger partial charge in [0.25, 0.3) is 0 Å². The fourth-order valence-corrected chi connectivity index (χ4v) is 3.43. The van der Waals surface area contributed by atoms with Crippen LogP contribution in [-0.4, -0.2) is 29.0 Å². The predicted molar refractivity (Wildman–Crippen MR) is 91.7 cm³/mol. The summed E-state index contributed by atoms with van der Waals surface area (Å²) in [5, 5.41) is 12.4. The highest BCUT2D eigenvalue weighted by atomic mass is 35.5. The van der Waals surface area contributed by atoms with Gasteiger partial charge in [-0.2, -0.15) is 0 Å². The third kappa shape index (κ3) is 3.66. The Morgan fingerprint density at radius 2 is 1.83 bits per heavy atom. The quantitative estimate of drug-likeness (QED) is 0.612. The molecule has 0 aliphatic carbocycles. The summed E-state index contributed by atoms with van der Waals surface area (Å²) in [6, 6.07) is 14.7. The topological polar surface area (TPSA) is 46.4 Å². The van der Waals surface area contributed by atoms with Crippen molar-refractivity contribution >= 4 is 23.2 Å². The van der Waals surface area contributed by atoms with Gasteiger partial charge >= 0.3 is 0 Å². The van der Waals surface area contributed by atoms with E-state index in [9.17, 15) is 10.1 Å². The summed E-state index contributed by atoms with van der Waals surface area (Å²) in [5.41, 5.74) is 2.03. The fourth-order valence-electron chi connectivity index (χ4n) is 3.12. The number of likely N-dealkylation sites (tertiary alicyclic amines) is 1. The molecule has 0 N–H and O–H groups in total. The van der Waals surface area contributed by atoms with E-state index in [1.807, 2.05) is 36.4 Å². The maximum Gasteiger partial charge on any atom is 0.233 e. The Labute approximate surface area is 144 Å². The first-order valence-corrected chi connectivity index (χ1v) is 8.15. The lowest BCUT2D eigenvalue weighted by molar-refractivity contribution is -0.521. The van der Waals surface area contributed by atoms with Gasteiger partial charge in [-0.15, -0.1) is 0 Å².